The molecule has 0 saturated carbocycles. The third-order valence-electron chi connectivity index (χ3n) is 4.72. The third-order valence-corrected chi connectivity index (χ3v) is 8.37. The van der Waals surface area contributed by atoms with Crippen molar-refractivity contribution in [2.24, 2.45) is 0 Å². The van der Waals surface area contributed by atoms with E-state index >= 15 is 0 Å². The van der Waals surface area contributed by atoms with E-state index in [0.29, 0.717) is 23.7 Å². The summed E-state index contributed by atoms with van der Waals surface area (Å²) in [6.07, 6.45) is 1.39. The third kappa shape index (κ3) is 7.07. The highest BCUT2D eigenvalue weighted by Gasteiger charge is 2.25. The quantitative estimate of drug-likeness (QED) is 0.161. The van der Waals surface area contributed by atoms with Gasteiger partial charge in [0.05, 0.1) is 19.0 Å². The zero-order valence-corrected chi connectivity index (χ0v) is 22.2. The predicted octanol–water partition coefficient (Wildman–Crippen LogP) is 4.45. The van der Waals surface area contributed by atoms with Gasteiger partial charge in [-0.25, -0.2) is 8.42 Å². The molecule has 9 nitrogen and oxygen atoms in total. The van der Waals surface area contributed by atoms with Crippen molar-refractivity contribution in [2.75, 3.05) is 24.8 Å². The van der Waals surface area contributed by atoms with Crippen LogP contribution in [0, 0.1) is 11.3 Å². The number of rotatable bonds is 11. The molecule has 1 heterocycles. The van der Waals surface area contributed by atoms with Gasteiger partial charge in [0.25, 0.3) is 11.1 Å². The molecule has 0 spiro atoms. The lowest BCUT2D eigenvalue weighted by Crippen LogP contribution is -2.16. The van der Waals surface area contributed by atoms with Gasteiger partial charge in [-0.3, -0.25) is 10.1 Å². The molecule has 0 unspecified atom stereocenters. The first-order valence-electron chi connectivity index (χ1n) is 10.7. The number of methoxy groups -OCH3 is 1. The molecule has 188 valence electrons. The number of carbonyl (C=O) groups excluding carboxylic acids is 1. The van der Waals surface area contributed by atoms with Crippen LogP contribution in [0.2, 0.25) is 0 Å². The van der Waals surface area contributed by atoms with Gasteiger partial charge in [0.15, 0.2) is 11.5 Å². The summed E-state index contributed by atoms with van der Waals surface area (Å²) in [5.41, 5.74) is 0.346. The summed E-state index contributed by atoms with van der Waals surface area (Å²) < 4.78 is 39.4. The summed E-state index contributed by atoms with van der Waals surface area (Å²) in [4.78, 5) is 17.6. The molecule has 0 aliphatic carbocycles. The topological polar surface area (TPSA) is 131 Å². The largest absolute Gasteiger partial charge is 0.493 e. The Bertz CT molecular complexity index is 1380. The second-order valence-corrected chi connectivity index (χ2v) is 11.8. The lowest BCUT2D eigenvalue weighted by Gasteiger charge is -2.11. The minimum absolute atomic E-state index is 0.0184. The average Bonchev–Trinajstić information content (AvgIpc) is 3.35. The summed E-state index contributed by atoms with van der Waals surface area (Å²) in [6.45, 7) is 3.49. The number of nitrogens with one attached hydrogen (secondary N) is 1. The minimum Gasteiger partial charge on any atom is -0.493 e. The Labute approximate surface area is 218 Å². The summed E-state index contributed by atoms with van der Waals surface area (Å²) in [7, 11) is -2.17. The molecule has 0 atom stereocenters. The van der Waals surface area contributed by atoms with Gasteiger partial charge in [-0.05, 0) is 49.8 Å². The summed E-state index contributed by atoms with van der Waals surface area (Å²) in [5.74, 6) is 1.01. The Morgan fingerprint density at radius 3 is 2.64 bits per heavy atom. The van der Waals surface area contributed by atoms with E-state index < -0.39 is 21.0 Å². The number of hydrogen-bond donors (Lipinski definition) is 1. The first kappa shape index (κ1) is 27.2. The lowest BCUT2D eigenvalue weighted by atomic mass is 10.1. The van der Waals surface area contributed by atoms with Crippen molar-refractivity contribution in [1.29, 1.82) is 5.26 Å². The van der Waals surface area contributed by atoms with Crippen LogP contribution in [0.25, 0.3) is 6.08 Å². The molecular formula is C24H24N4O5S3. The molecule has 0 aliphatic heterocycles. The van der Waals surface area contributed by atoms with Crippen molar-refractivity contribution in [1.82, 2.24) is 9.36 Å². The molecule has 0 bridgehead atoms. The van der Waals surface area contributed by atoms with Gasteiger partial charge in [0.2, 0.25) is 15.0 Å². The van der Waals surface area contributed by atoms with Crippen molar-refractivity contribution >= 4 is 50.2 Å². The van der Waals surface area contributed by atoms with E-state index in [0.717, 1.165) is 22.2 Å². The number of nitrogens with zero attached hydrogens (tertiary/aromatic N) is 3. The number of carbonyl (C=O) groups is 1. The fourth-order valence-corrected chi connectivity index (χ4v) is 5.24. The second kappa shape index (κ2) is 12.5. The van der Waals surface area contributed by atoms with Crippen LogP contribution in [0.15, 0.2) is 64.2 Å². The second-order valence-electron chi connectivity index (χ2n) is 7.52. The molecule has 3 aromatic rings. The molecule has 1 aromatic heterocycles. The van der Waals surface area contributed by atoms with Crippen molar-refractivity contribution in [3.63, 3.8) is 0 Å². The van der Waals surface area contributed by atoms with Crippen molar-refractivity contribution < 1.29 is 22.7 Å². The number of benzene rings is 2. The van der Waals surface area contributed by atoms with E-state index in [1.165, 1.54) is 27.0 Å². The average molecular weight is 545 g/mol. The van der Waals surface area contributed by atoms with Gasteiger partial charge in [0, 0.05) is 22.2 Å². The lowest BCUT2D eigenvalue weighted by molar-refractivity contribution is -0.112. The first-order valence-corrected chi connectivity index (χ1v) is 14.0. The van der Waals surface area contributed by atoms with Gasteiger partial charge in [0.1, 0.15) is 11.6 Å². The summed E-state index contributed by atoms with van der Waals surface area (Å²) >= 11 is 2.40. The fraction of sp³-hybridized carbons (Fsp3) is 0.250. The van der Waals surface area contributed by atoms with Crippen molar-refractivity contribution in [3.8, 4) is 17.6 Å². The van der Waals surface area contributed by atoms with Crippen LogP contribution >= 0.6 is 23.3 Å². The zero-order chi connectivity index (χ0) is 26.1. The van der Waals surface area contributed by atoms with Crippen LogP contribution in [0.4, 0.5) is 5.13 Å². The molecule has 36 heavy (non-hydrogen) atoms. The maximum Gasteiger partial charge on any atom is 0.268 e. The molecule has 12 heteroatoms. The van der Waals surface area contributed by atoms with E-state index in [1.54, 1.807) is 30.0 Å². The number of ether oxygens (including phenoxy) is 2. The van der Waals surface area contributed by atoms with Crippen LogP contribution in [-0.4, -0.2) is 48.4 Å². The molecule has 0 saturated heterocycles. The number of anilines is 1. The van der Waals surface area contributed by atoms with Crippen LogP contribution in [0.3, 0.4) is 0 Å². The monoisotopic (exact) mass is 544 g/mol. The standard InChI is InChI=1S/C24H24N4O5S3/c1-16(2)36(30,31)24-27-23(35-28-24)26-22(29)18(15-25)13-17-9-10-20(21(14-17)32-3)33-11-12-34-19-7-5-4-6-8-19/h4-10,13-14,16H,11-12H2,1-3H3,(H,26,27,28,29). The first-order chi connectivity index (χ1) is 17.2. The number of thioether (sulfide) groups is 1. The Morgan fingerprint density at radius 1 is 1.22 bits per heavy atom. The van der Waals surface area contributed by atoms with Crippen LogP contribution in [-0.2, 0) is 14.6 Å². The maximum absolute atomic E-state index is 12.6. The van der Waals surface area contributed by atoms with Gasteiger partial charge in [-0.2, -0.15) is 14.6 Å². The molecule has 0 fully saturated rings. The van der Waals surface area contributed by atoms with Gasteiger partial charge >= 0.3 is 0 Å². The normalized spacial score (nSPS) is 11.7. The van der Waals surface area contributed by atoms with Crippen molar-refractivity contribution in [3.05, 3.63) is 59.7 Å². The summed E-state index contributed by atoms with van der Waals surface area (Å²) in [5, 5.41) is 10.8. The number of amides is 1. The van der Waals surface area contributed by atoms with Gasteiger partial charge in [-0.1, -0.05) is 24.3 Å². The predicted molar refractivity (Wildman–Crippen MR) is 140 cm³/mol. The van der Waals surface area contributed by atoms with Crippen molar-refractivity contribution in [2.45, 2.75) is 29.1 Å². The van der Waals surface area contributed by atoms with Crippen LogP contribution < -0.4 is 14.8 Å². The molecule has 1 amide bonds. The Hall–Kier alpha value is -3.40. The SMILES string of the molecule is COc1cc(C=C(C#N)C(=O)Nc2nc(S(=O)(=O)C(C)C)ns2)ccc1OCCSc1ccccc1. The summed E-state index contributed by atoms with van der Waals surface area (Å²) in [6, 6.07) is 16.9. The minimum atomic E-state index is -3.67. The van der Waals surface area contributed by atoms with Gasteiger partial charge < -0.3 is 9.47 Å². The highest BCUT2D eigenvalue weighted by atomic mass is 32.2. The fourth-order valence-electron chi connectivity index (χ4n) is 2.79. The molecule has 2 aromatic carbocycles. The highest BCUT2D eigenvalue weighted by Crippen LogP contribution is 2.29. The molecule has 1 N–H and O–H groups in total. The van der Waals surface area contributed by atoms with Gasteiger partial charge in [-0.15, -0.1) is 11.8 Å². The van der Waals surface area contributed by atoms with E-state index in [4.69, 9.17) is 9.47 Å². The van der Waals surface area contributed by atoms with E-state index in [2.05, 4.69) is 14.7 Å². The van der Waals surface area contributed by atoms with Crippen LogP contribution in [0.5, 0.6) is 11.5 Å². The molecule has 3 rings (SSSR count). The van der Waals surface area contributed by atoms with E-state index in [-0.39, 0.29) is 15.9 Å². The number of sulfone groups is 1. The number of hydrogen-bond acceptors (Lipinski definition) is 10. The Morgan fingerprint density at radius 2 is 1.97 bits per heavy atom. The number of aromatic nitrogens is 2. The van der Waals surface area contributed by atoms with Crippen LogP contribution in [0.1, 0.15) is 19.4 Å². The molecular weight excluding hydrogens is 520 g/mol. The maximum atomic E-state index is 12.6. The highest BCUT2D eigenvalue weighted by molar-refractivity contribution is 7.99. The van der Waals surface area contributed by atoms with E-state index in [1.807, 2.05) is 36.4 Å². The Kier molecular flexibility index (Phi) is 9.46. The van der Waals surface area contributed by atoms with E-state index in [9.17, 15) is 18.5 Å². The molecule has 0 aliphatic rings. The zero-order valence-electron chi connectivity index (χ0n) is 19.8. The smallest absolute Gasteiger partial charge is 0.268 e. The molecule has 0 radical (unpaired) electrons. The number of nitriles is 1. The Balaban J connectivity index is 1.66.